The number of para-hydroxylation sites is 1. The number of amides is 2. The second-order valence-corrected chi connectivity index (χ2v) is 9.53. The molecule has 2 aliphatic rings. The quantitative estimate of drug-likeness (QED) is 0.480. The van der Waals surface area contributed by atoms with Crippen molar-refractivity contribution in [2.24, 2.45) is 0 Å². The van der Waals surface area contributed by atoms with Crippen LogP contribution in [-0.4, -0.2) is 43.0 Å². The maximum Gasteiger partial charge on any atom is 0.316 e. The SMILES string of the molecule is COc1cc(F)c([C@@H]2CNC[C@@]2(C=O)NC(=O)NC2(c3nc4ccccc4s3)CC2)c(F)c1. The first-order valence-electron chi connectivity index (χ1n) is 10.6. The Bertz CT molecular complexity index is 1190. The molecule has 1 aliphatic carbocycles. The molecule has 2 fully saturated rings. The predicted octanol–water partition coefficient (Wildman–Crippen LogP) is 3.20. The summed E-state index contributed by atoms with van der Waals surface area (Å²) in [6.45, 7) is 0.176. The Morgan fingerprint density at radius 3 is 2.61 bits per heavy atom. The van der Waals surface area contributed by atoms with Gasteiger partial charge in [0.25, 0.3) is 0 Å². The molecule has 10 heteroatoms. The van der Waals surface area contributed by atoms with Crippen LogP contribution in [0.15, 0.2) is 36.4 Å². The van der Waals surface area contributed by atoms with Crippen LogP contribution in [0.1, 0.15) is 29.3 Å². The third-order valence-corrected chi connectivity index (χ3v) is 7.63. The average Bonchev–Trinajstić information content (AvgIpc) is 3.26. The number of hydrogen-bond donors (Lipinski definition) is 3. The van der Waals surface area contributed by atoms with Crippen molar-refractivity contribution in [1.29, 1.82) is 0 Å². The number of urea groups is 1. The van der Waals surface area contributed by atoms with E-state index in [0.29, 0.717) is 6.29 Å². The normalized spacial score (nSPS) is 23.3. The highest BCUT2D eigenvalue weighted by Crippen LogP contribution is 2.48. The van der Waals surface area contributed by atoms with Crippen molar-refractivity contribution in [2.45, 2.75) is 29.8 Å². The molecule has 1 aliphatic heterocycles. The van der Waals surface area contributed by atoms with Gasteiger partial charge in [0.2, 0.25) is 0 Å². The Balaban J connectivity index is 1.39. The molecule has 3 N–H and O–H groups in total. The highest BCUT2D eigenvalue weighted by molar-refractivity contribution is 7.18. The molecule has 33 heavy (non-hydrogen) atoms. The fourth-order valence-electron chi connectivity index (χ4n) is 4.44. The minimum atomic E-state index is -1.51. The van der Waals surface area contributed by atoms with Crippen LogP contribution < -0.4 is 20.7 Å². The van der Waals surface area contributed by atoms with E-state index in [-0.39, 0.29) is 24.4 Å². The van der Waals surface area contributed by atoms with Crippen molar-refractivity contribution >= 4 is 33.9 Å². The largest absolute Gasteiger partial charge is 0.497 e. The fraction of sp³-hybridized carbons (Fsp3) is 0.348. The Morgan fingerprint density at radius 1 is 1.24 bits per heavy atom. The summed E-state index contributed by atoms with van der Waals surface area (Å²) in [5, 5.41) is 9.44. The van der Waals surface area contributed by atoms with Gasteiger partial charge in [-0.2, -0.15) is 0 Å². The first-order valence-corrected chi connectivity index (χ1v) is 11.4. The van der Waals surface area contributed by atoms with E-state index in [0.717, 1.165) is 40.2 Å². The number of aromatic nitrogens is 1. The number of carbonyl (C=O) groups is 2. The highest BCUT2D eigenvalue weighted by Gasteiger charge is 2.51. The lowest BCUT2D eigenvalue weighted by atomic mass is 9.82. The lowest BCUT2D eigenvalue weighted by Gasteiger charge is -2.31. The summed E-state index contributed by atoms with van der Waals surface area (Å²) in [7, 11) is 1.31. The number of carbonyl (C=O) groups excluding carboxylic acids is 2. The van der Waals surface area contributed by atoms with Gasteiger partial charge in [0.15, 0.2) is 0 Å². The van der Waals surface area contributed by atoms with E-state index in [9.17, 15) is 18.4 Å². The number of methoxy groups -OCH3 is 1. The first-order chi connectivity index (χ1) is 15.9. The molecule has 3 aromatic rings. The zero-order valence-corrected chi connectivity index (χ0v) is 18.6. The number of benzene rings is 2. The number of thiazole rings is 1. The van der Waals surface area contributed by atoms with Gasteiger partial charge < -0.3 is 25.5 Å². The van der Waals surface area contributed by atoms with E-state index >= 15 is 0 Å². The Labute approximate surface area is 192 Å². The van der Waals surface area contributed by atoms with Crippen LogP contribution in [0.5, 0.6) is 5.75 Å². The second kappa shape index (κ2) is 8.03. The molecule has 2 heterocycles. The van der Waals surface area contributed by atoms with Crippen molar-refractivity contribution in [1.82, 2.24) is 20.9 Å². The number of ether oxygens (including phenoxy) is 1. The van der Waals surface area contributed by atoms with Crippen molar-refractivity contribution in [3.05, 3.63) is 58.6 Å². The van der Waals surface area contributed by atoms with Gasteiger partial charge in [0, 0.05) is 36.7 Å². The van der Waals surface area contributed by atoms with Gasteiger partial charge in [0.05, 0.1) is 22.9 Å². The molecule has 0 bridgehead atoms. The molecule has 7 nitrogen and oxygen atoms in total. The standard InChI is InChI=1S/C23H22F2N4O3S/c1-32-13-8-15(24)19(16(25)9-13)14-10-26-11-23(14,12-30)29-21(31)28-22(6-7-22)20-27-17-4-2-3-5-18(17)33-20/h2-5,8-9,12,14,26H,6-7,10-11H2,1H3,(H2,28,29,31)/t14-,23-/m0/s1. The van der Waals surface area contributed by atoms with Crippen LogP contribution in [0.3, 0.4) is 0 Å². The van der Waals surface area contributed by atoms with Crippen LogP contribution in [0.2, 0.25) is 0 Å². The summed E-state index contributed by atoms with van der Waals surface area (Å²) in [6.07, 6.45) is 1.99. The van der Waals surface area contributed by atoms with Gasteiger partial charge in [-0.1, -0.05) is 12.1 Å². The van der Waals surface area contributed by atoms with E-state index in [1.807, 2.05) is 24.3 Å². The molecule has 1 aromatic heterocycles. The van der Waals surface area contributed by atoms with Crippen LogP contribution in [0, 0.1) is 11.6 Å². The van der Waals surface area contributed by atoms with Gasteiger partial charge in [-0.3, -0.25) is 0 Å². The number of fused-ring (bicyclic) bond motifs is 1. The molecule has 2 aromatic carbocycles. The third kappa shape index (κ3) is 3.72. The molecule has 1 saturated heterocycles. The maximum atomic E-state index is 14.8. The Hall–Kier alpha value is -3.11. The van der Waals surface area contributed by atoms with Gasteiger partial charge in [-0.15, -0.1) is 11.3 Å². The molecule has 0 radical (unpaired) electrons. The lowest BCUT2D eigenvalue weighted by molar-refractivity contribution is -0.112. The molecule has 172 valence electrons. The van der Waals surface area contributed by atoms with Crippen molar-refractivity contribution in [3.8, 4) is 5.75 Å². The summed E-state index contributed by atoms with van der Waals surface area (Å²) in [5.41, 5.74) is -1.51. The zero-order chi connectivity index (χ0) is 23.2. The van der Waals surface area contributed by atoms with E-state index in [2.05, 4.69) is 20.9 Å². The van der Waals surface area contributed by atoms with Crippen molar-refractivity contribution < 1.29 is 23.1 Å². The summed E-state index contributed by atoms with van der Waals surface area (Å²) in [4.78, 5) is 29.9. The smallest absolute Gasteiger partial charge is 0.316 e. The van der Waals surface area contributed by atoms with E-state index in [4.69, 9.17) is 4.74 Å². The molecule has 2 atom stereocenters. The average molecular weight is 473 g/mol. The van der Waals surface area contributed by atoms with E-state index in [1.54, 1.807) is 0 Å². The highest BCUT2D eigenvalue weighted by atomic mass is 32.1. The Kier molecular flexibility index (Phi) is 5.29. The van der Waals surface area contributed by atoms with Crippen molar-refractivity contribution in [2.75, 3.05) is 20.2 Å². The molecule has 0 unspecified atom stereocenters. The minimum absolute atomic E-state index is 0.0358. The number of nitrogens with one attached hydrogen (secondary N) is 3. The number of nitrogens with zero attached hydrogens (tertiary/aromatic N) is 1. The monoisotopic (exact) mass is 472 g/mol. The number of aldehydes is 1. The van der Waals surface area contributed by atoms with Crippen molar-refractivity contribution in [3.63, 3.8) is 0 Å². The molecule has 2 amide bonds. The lowest BCUT2D eigenvalue weighted by Crippen LogP contribution is -2.59. The molecule has 5 rings (SSSR count). The second-order valence-electron chi connectivity index (χ2n) is 8.49. The summed E-state index contributed by atoms with van der Waals surface area (Å²) in [6, 6.07) is 9.28. The summed E-state index contributed by atoms with van der Waals surface area (Å²) in [5.74, 6) is -2.55. The fourth-order valence-corrected chi connectivity index (χ4v) is 5.61. The van der Waals surface area contributed by atoms with Crippen LogP contribution >= 0.6 is 11.3 Å². The molecule has 0 spiro atoms. The van der Waals surface area contributed by atoms with Crippen LogP contribution in [0.25, 0.3) is 10.2 Å². The summed E-state index contributed by atoms with van der Waals surface area (Å²) < 4.78 is 35.5. The number of halogens is 2. The van der Waals surface area contributed by atoms with Gasteiger partial charge in [0.1, 0.15) is 34.2 Å². The van der Waals surface area contributed by atoms with E-state index < -0.39 is 34.7 Å². The number of hydrogen-bond acceptors (Lipinski definition) is 6. The minimum Gasteiger partial charge on any atom is -0.497 e. The molecular weight excluding hydrogens is 450 g/mol. The Morgan fingerprint density at radius 2 is 1.97 bits per heavy atom. The van der Waals surface area contributed by atoms with Gasteiger partial charge >= 0.3 is 6.03 Å². The van der Waals surface area contributed by atoms with E-state index in [1.165, 1.54) is 18.4 Å². The predicted molar refractivity (Wildman–Crippen MR) is 120 cm³/mol. The van der Waals surface area contributed by atoms with Gasteiger partial charge in [-0.05, 0) is 25.0 Å². The summed E-state index contributed by atoms with van der Waals surface area (Å²) >= 11 is 1.51. The topological polar surface area (TPSA) is 92.4 Å². The zero-order valence-electron chi connectivity index (χ0n) is 17.8. The number of rotatable bonds is 6. The first kappa shape index (κ1) is 21.7. The molecular formula is C23H22F2N4O3S. The van der Waals surface area contributed by atoms with Crippen LogP contribution in [0.4, 0.5) is 13.6 Å². The maximum absolute atomic E-state index is 14.8. The third-order valence-electron chi connectivity index (χ3n) is 6.39. The van der Waals surface area contributed by atoms with Crippen LogP contribution in [-0.2, 0) is 10.3 Å². The van der Waals surface area contributed by atoms with Gasteiger partial charge in [-0.25, -0.2) is 18.6 Å². The molecule has 1 saturated carbocycles.